The summed E-state index contributed by atoms with van der Waals surface area (Å²) in [6.45, 7) is 0. The standard InChI is InChI=1S/C9H6N4S/c10-5-9-11-3-1-8(13-9)12-7-2-4-14-6-7/h1-4,6H,(H,11,12,13). The SMILES string of the molecule is N#Cc1nccc(Nc2ccsc2)n1. The smallest absolute Gasteiger partial charge is 0.234 e. The molecule has 0 fully saturated rings. The van der Waals surface area contributed by atoms with E-state index in [4.69, 9.17) is 5.26 Å². The molecule has 2 aromatic rings. The summed E-state index contributed by atoms with van der Waals surface area (Å²) in [5, 5.41) is 15.6. The van der Waals surface area contributed by atoms with Crippen LogP contribution in [0.2, 0.25) is 0 Å². The second kappa shape index (κ2) is 3.85. The van der Waals surface area contributed by atoms with Gasteiger partial charge in [-0.3, -0.25) is 0 Å². The molecular formula is C9H6N4S. The van der Waals surface area contributed by atoms with Crippen molar-refractivity contribution in [2.45, 2.75) is 0 Å². The Bertz CT molecular complexity index is 458. The first-order valence-corrected chi connectivity index (χ1v) is 4.85. The highest BCUT2D eigenvalue weighted by Gasteiger charge is 1.98. The molecule has 0 saturated carbocycles. The normalized spacial score (nSPS) is 9.36. The molecule has 0 aliphatic heterocycles. The summed E-state index contributed by atoms with van der Waals surface area (Å²) in [6, 6.07) is 5.55. The highest BCUT2D eigenvalue weighted by molar-refractivity contribution is 7.08. The number of nitrogens with zero attached hydrogens (tertiary/aromatic N) is 3. The fourth-order valence-electron chi connectivity index (χ4n) is 0.966. The molecule has 2 heterocycles. The third-order valence-corrected chi connectivity index (χ3v) is 2.23. The maximum Gasteiger partial charge on any atom is 0.234 e. The molecule has 68 valence electrons. The first kappa shape index (κ1) is 8.66. The lowest BCUT2D eigenvalue weighted by Crippen LogP contribution is -1.95. The highest BCUT2D eigenvalue weighted by Crippen LogP contribution is 2.16. The Hall–Kier alpha value is -1.93. The van der Waals surface area contributed by atoms with Gasteiger partial charge in [-0.15, -0.1) is 0 Å². The Labute approximate surface area is 84.9 Å². The molecule has 4 nitrogen and oxygen atoms in total. The number of nitriles is 1. The Balaban J connectivity index is 2.22. The van der Waals surface area contributed by atoms with Crippen molar-refractivity contribution in [2.75, 3.05) is 5.32 Å². The third-order valence-electron chi connectivity index (χ3n) is 1.55. The van der Waals surface area contributed by atoms with Crippen molar-refractivity contribution in [3.05, 3.63) is 34.9 Å². The molecule has 0 radical (unpaired) electrons. The third kappa shape index (κ3) is 1.87. The number of hydrogen-bond donors (Lipinski definition) is 1. The molecule has 1 N–H and O–H groups in total. The van der Waals surface area contributed by atoms with Gasteiger partial charge in [0.05, 0.1) is 5.69 Å². The van der Waals surface area contributed by atoms with Crippen LogP contribution in [-0.4, -0.2) is 9.97 Å². The molecule has 0 aliphatic rings. The minimum atomic E-state index is 0.172. The van der Waals surface area contributed by atoms with Gasteiger partial charge in [0, 0.05) is 11.6 Å². The van der Waals surface area contributed by atoms with Crippen LogP contribution < -0.4 is 5.32 Å². The van der Waals surface area contributed by atoms with Gasteiger partial charge in [0.1, 0.15) is 11.9 Å². The number of rotatable bonds is 2. The Morgan fingerprint density at radius 3 is 3.07 bits per heavy atom. The molecule has 2 rings (SSSR count). The van der Waals surface area contributed by atoms with Gasteiger partial charge in [0.2, 0.25) is 5.82 Å². The highest BCUT2D eigenvalue weighted by atomic mass is 32.1. The number of aromatic nitrogens is 2. The molecule has 0 amide bonds. The maximum atomic E-state index is 8.59. The number of anilines is 2. The van der Waals surface area contributed by atoms with Crippen LogP contribution >= 0.6 is 11.3 Å². The summed E-state index contributed by atoms with van der Waals surface area (Å²) in [5.74, 6) is 0.806. The van der Waals surface area contributed by atoms with E-state index in [9.17, 15) is 0 Å². The van der Waals surface area contributed by atoms with E-state index in [-0.39, 0.29) is 5.82 Å². The van der Waals surface area contributed by atoms with Gasteiger partial charge in [-0.2, -0.15) is 16.6 Å². The molecular weight excluding hydrogens is 196 g/mol. The van der Waals surface area contributed by atoms with Crippen molar-refractivity contribution in [1.29, 1.82) is 5.26 Å². The molecule has 0 aliphatic carbocycles. The Morgan fingerprint density at radius 1 is 1.43 bits per heavy atom. The first-order valence-electron chi connectivity index (χ1n) is 3.91. The van der Waals surface area contributed by atoms with Gasteiger partial charge in [0.25, 0.3) is 0 Å². The fraction of sp³-hybridized carbons (Fsp3) is 0. The van der Waals surface area contributed by atoms with E-state index in [0.717, 1.165) is 5.69 Å². The minimum absolute atomic E-state index is 0.172. The zero-order valence-electron chi connectivity index (χ0n) is 7.14. The molecule has 5 heteroatoms. The van der Waals surface area contributed by atoms with Crippen molar-refractivity contribution in [1.82, 2.24) is 9.97 Å². The van der Waals surface area contributed by atoms with Crippen LogP contribution in [-0.2, 0) is 0 Å². The lowest BCUT2D eigenvalue weighted by Gasteiger charge is -2.01. The molecule has 0 atom stereocenters. The van der Waals surface area contributed by atoms with Crippen LogP contribution in [0.4, 0.5) is 11.5 Å². The van der Waals surface area contributed by atoms with E-state index in [1.807, 2.05) is 22.9 Å². The van der Waals surface area contributed by atoms with Crippen LogP contribution in [0.5, 0.6) is 0 Å². The van der Waals surface area contributed by atoms with Crippen molar-refractivity contribution in [2.24, 2.45) is 0 Å². The van der Waals surface area contributed by atoms with E-state index in [1.54, 1.807) is 23.6 Å². The molecule has 0 bridgehead atoms. The lowest BCUT2D eigenvalue weighted by atomic mass is 10.5. The van der Waals surface area contributed by atoms with E-state index in [2.05, 4.69) is 15.3 Å². The molecule has 0 unspecified atom stereocenters. The summed E-state index contributed by atoms with van der Waals surface area (Å²) in [6.07, 6.45) is 1.56. The summed E-state index contributed by atoms with van der Waals surface area (Å²) in [7, 11) is 0. The van der Waals surface area contributed by atoms with E-state index >= 15 is 0 Å². The van der Waals surface area contributed by atoms with E-state index in [1.165, 1.54) is 0 Å². The number of hydrogen-bond acceptors (Lipinski definition) is 5. The lowest BCUT2D eigenvalue weighted by molar-refractivity contribution is 1.12. The van der Waals surface area contributed by atoms with Gasteiger partial charge in [-0.25, -0.2) is 9.97 Å². The van der Waals surface area contributed by atoms with Crippen LogP contribution in [0.3, 0.4) is 0 Å². The Morgan fingerprint density at radius 2 is 2.36 bits per heavy atom. The maximum absolute atomic E-state index is 8.59. The van der Waals surface area contributed by atoms with Gasteiger partial charge < -0.3 is 5.32 Å². The second-order valence-electron chi connectivity index (χ2n) is 2.51. The largest absolute Gasteiger partial charge is 0.339 e. The van der Waals surface area contributed by atoms with Crippen molar-refractivity contribution >= 4 is 22.8 Å². The topological polar surface area (TPSA) is 61.6 Å². The summed E-state index contributed by atoms with van der Waals surface area (Å²) >= 11 is 1.60. The molecule has 0 aromatic carbocycles. The summed E-state index contributed by atoms with van der Waals surface area (Å²) in [4.78, 5) is 7.76. The molecule has 2 aromatic heterocycles. The van der Waals surface area contributed by atoms with Crippen LogP contribution in [0.1, 0.15) is 5.82 Å². The van der Waals surface area contributed by atoms with Crippen LogP contribution in [0.15, 0.2) is 29.1 Å². The van der Waals surface area contributed by atoms with Gasteiger partial charge in [-0.1, -0.05) is 0 Å². The summed E-state index contributed by atoms with van der Waals surface area (Å²) < 4.78 is 0. The van der Waals surface area contributed by atoms with Crippen molar-refractivity contribution in [3.63, 3.8) is 0 Å². The van der Waals surface area contributed by atoms with Crippen LogP contribution in [0, 0.1) is 11.3 Å². The van der Waals surface area contributed by atoms with Gasteiger partial charge >= 0.3 is 0 Å². The molecule has 0 saturated heterocycles. The van der Waals surface area contributed by atoms with E-state index < -0.39 is 0 Å². The van der Waals surface area contributed by atoms with Crippen molar-refractivity contribution < 1.29 is 0 Å². The number of thiophene rings is 1. The predicted octanol–water partition coefficient (Wildman–Crippen LogP) is 2.15. The van der Waals surface area contributed by atoms with E-state index in [0.29, 0.717) is 5.82 Å². The van der Waals surface area contributed by atoms with Crippen LogP contribution in [0.25, 0.3) is 0 Å². The average molecular weight is 202 g/mol. The average Bonchev–Trinajstić information content (AvgIpc) is 2.71. The molecule has 0 spiro atoms. The Kier molecular flexibility index (Phi) is 2.38. The zero-order chi connectivity index (χ0) is 9.80. The second-order valence-corrected chi connectivity index (χ2v) is 3.29. The molecule has 14 heavy (non-hydrogen) atoms. The van der Waals surface area contributed by atoms with Gasteiger partial charge in [0.15, 0.2) is 0 Å². The van der Waals surface area contributed by atoms with Gasteiger partial charge in [-0.05, 0) is 17.5 Å². The quantitative estimate of drug-likeness (QED) is 0.810. The summed E-state index contributed by atoms with van der Waals surface area (Å²) in [5.41, 5.74) is 0.970. The first-order chi connectivity index (χ1) is 6.88. The van der Waals surface area contributed by atoms with Crippen molar-refractivity contribution in [3.8, 4) is 6.07 Å². The monoisotopic (exact) mass is 202 g/mol. The fourth-order valence-corrected chi connectivity index (χ4v) is 1.55. The predicted molar refractivity (Wildman–Crippen MR) is 54.3 cm³/mol. The number of nitrogens with one attached hydrogen (secondary N) is 1. The zero-order valence-corrected chi connectivity index (χ0v) is 7.95. The minimum Gasteiger partial charge on any atom is -0.339 e.